The van der Waals surface area contributed by atoms with Crippen LogP contribution in [0.3, 0.4) is 0 Å². The van der Waals surface area contributed by atoms with Crippen LogP contribution in [-0.4, -0.2) is 31.3 Å². The molecule has 1 aliphatic heterocycles. The SMILES string of the molecule is CN(Cc1ccc2c(c1)OCO2)C(=O)NCC1(c2ccccc2)CCCC1. The van der Waals surface area contributed by atoms with E-state index in [1.807, 2.05) is 31.3 Å². The summed E-state index contributed by atoms with van der Waals surface area (Å²) in [5.74, 6) is 1.51. The minimum absolute atomic E-state index is 0.0464. The highest BCUT2D eigenvalue weighted by Crippen LogP contribution is 2.40. The summed E-state index contributed by atoms with van der Waals surface area (Å²) in [5, 5.41) is 3.17. The summed E-state index contributed by atoms with van der Waals surface area (Å²) in [5.41, 5.74) is 2.42. The van der Waals surface area contributed by atoms with Crippen molar-refractivity contribution in [3.05, 3.63) is 59.7 Å². The minimum atomic E-state index is -0.0464. The predicted molar refractivity (Wildman–Crippen MR) is 104 cm³/mol. The summed E-state index contributed by atoms with van der Waals surface area (Å²) in [4.78, 5) is 14.4. The van der Waals surface area contributed by atoms with Crippen LogP contribution in [0.4, 0.5) is 4.79 Å². The van der Waals surface area contributed by atoms with Crippen molar-refractivity contribution in [1.29, 1.82) is 0 Å². The van der Waals surface area contributed by atoms with Crippen molar-refractivity contribution < 1.29 is 14.3 Å². The summed E-state index contributed by atoms with van der Waals surface area (Å²) in [6, 6.07) is 16.4. The maximum atomic E-state index is 12.7. The summed E-state index contributed by atoms with van der Waals surface area (Å²) in [7, 11) is 1.82. The summed E-state index contributed by atoms with van der Waals surface area (Å²) < 4.78 is 10.8. The Balaban J connectivity index is 1.38. The van der Waals surface area contributed by atoms with Gasteiger partial charge in [-0.1, -0.05) is 49.2 Å². The molecule has 27 heavy (non-hydrogen) atoms. The van der Waals surface area contributed by atoms with E-state index in [0.717, 1.165) is 29.9 Å². The van der Waals surface area contributed by atoms with Gasteiger partial charge in [-0.15, -0.1) is 0 Å². The molecule has 0 unspecified atom stereocenters. The molecule has 1 aliphatic carbocycles. The molecule has 0 atom stereocenters. The Morgan fingerprint density at radius 2 is 1.81 bits per heavy atom. The number of urea groups is 1. The molecule has 0 radical (unpaired) electrons. The zero-order valence-corrected chi connectivity index (χ0v) is 15.7. The van der Waals surface area contributed by atoms with Gasteiger partial charge in [0.2, 0.25) is 6.79 Å². The van der Waals surface area contributed by atoms with Crippen molar-refractivity contribution in [2.24, 2.45) is 0 Å². The first-order valence-electron chi connectivity index (χ1n) is 9.59. The minimum Gasteiger partial charge on any atom is -0.454 e. The Morgan fingerprint density at radius 1 is 1.07 bits per heavy atom. The Kier molecular flexibility index (Phi) is 4.92. The van der Waals surface area contributed by atoms with Crippen molar-refractivity contribution >= 4 is 6.03 Å². The number of ether oxygens (including phenoxy) is 2. The number of carbonyl (C=O) groups excluding carboxylic acids is 1. The largest absolute Gasteiger partial charge is 0.454 e. The first-order chi connectivity index (χ1) is 13.2. The molecule has 0 aromatic heterocycles. The molecule has 142 valence electrons. The van der Waals surface area contributed by atoms with Crippen molar-refractivity contribution in [3.63, 3.8) is 0 Å². The highest BCUT2D eigenvalue weighted by molar-refractivity contribution is 5.74. The van der Waals surface area contributed by atoms with Crippen LogP contribution < -0.4 is 14.8 Å². The van der Waals surface area contributed by atoms with E-state index >= 15 is 0 Å². The molecule has 1 N–H and O–H groups in total. The van der Waals surface area contributed by atoms with Gasteiger partial charge >= 0.3 is 6.03 Å². The average Bonchev–Trinajstić information content (AvgIpc) is 3.36. The topological polar surface area (TPSA) is 50.8 Å². The first-order valence-corrected chi connectivity index (χ1v) is 9.59. The van der Waals surface area contributed by atoms with E-state index in [0.29, 0.717) is 13.1 Å². The lowest BCUT2D eigenvalue weighted by Gasteiger charge is -2.31. The molecule has 2 amide bonds. The number of carbonyl (C=O) groups is 1. The van der Waals surface area contributed by atoms with Gasteiger partial charge in [-0.25, -0.2) is 4.79 Å². The Morgan fingerprint density at radius 3 is 2.59 bits per heavy atom. The van der Waals surface area contributed by atoms with Gasteiger partial charge in [0.1, 0.15) is 0 Å². The first kappa shape index (κ1) is 17.7. The van der Waals surface area contributed by atoms with Gasteiger partial charge in [0.15, 0.2) is 11.5 Å². The lowest BCUT2D eigenvalue weighted by Crippen LogP contribution is -2.44. The van der Waals surface area contributed by atoms with Crippen molar-refractivity contribution in [1.82, 2.24) is 10.2 Å². The molecule has 2 aliphatic rings. The quantitative estimate of drug-likeness (QED) is 0.868. The van der Waals surface area contributed by atoms with E-state index in [1.54, 1.807) is 4.90 Å². The average molecular weight is 366 g/mol. The van der Waals surface area contributed by atoms with Crippen LogP contribution in [0.1, 0.15) is 36.8 Å². The van der Waals surface area contributed by atoms with Gasteiger partial charge in [0, 0.05) is 25.6 Å². The second-order valence-corrected chi connectivity index (χ2v) is 7.56. The molecule has 5 heteroatoms. The number of nitrogens with one attached hydrogen (secondary N) is 1. The van der Waals surface area contributed by atoms with E-state index in [9.17, 15) is 4.79 Å². The van der Waals surface area contributed by atoms with Gasteiger partial charge in [-0.3, -0.25) is 0 Å². The highest BCUT2D eigenvalue weighted by Gasteiger charge is 2.36. The monoisotopic (exact) mass is 366 g/mol. The number of nitrogens with zero attached hydrogens (tertiary/aromatic N) is 1. The fraction of sp³-hybridized carbons (Fsp3) is 0.409. The van der Waals surface area contributed by atoms with E-state index in [4.69, 9.17) is 9.47 Å². The molecule has 0 saturated heterocycles. The second kappa shape index (κ2) is 7.51. The van der Waals surface area contributed by atoms with E-state index in [2.05, 4.69) is 29.6 Å². The Hall–Kier alpha value is -2.69. The maximum absolute atomic E-state index is 12.7. The smallest absolute Gasteiger partial charge is 0.317 e. The van der Waals surface area contributed by atoms with Crippen molar-refractivity contribution in [3.8, 4) is 11.5 Å². The van der Waals surface area contributed by atoms with Crippen LogP contribution in [0.25, 0.3) is 0 Å². The summed E-state index contributed by atoms with van der Waals surface area (Å²) in [6.07, 6.45) is 4.70. The number of fused-ring (bicyclic) bond motifs is 1. The molecular weight excluding hydrogens is 340 g/mol. The highest BCUT2D eigenvalue weighted by atomic mass is 16.7. The molecule has 2 aromatic rings. The number of hydrogen-bond donors (Lipinski definition) is 1. The van der Waals surface area contributed by atoms with Crippen LogP contribution in [0.15, 0.2) is 48.5 Å². The normalized spacial score (nSPS) is 16.9. The summed E-state index contributed by atoms with van der Waals surface area (Å²) in [6.45, 7) is 1.47. The third-order valence-corrected chi connectivity index (χ3v) is 5.73. The number of amides is 2. The lowest BCUT2D eigenvalue weighted by atomic mass is 9.79. The molecule has 2 aromatic carbocycles. The standard InChI is InChI=1S/C22H26N2O3/c1-24(14-17-9-10-19-20(13-17)27-16-26-19)21(25)23-15-22(11-5-6-12-22)18-7-3-2-4-8-18/h2-4,7-10,13H,5-6,11-12,14-16H2,1H3,(H,23,25). The third-order valence-electron chi connectivity index (χ3n) is 5.73. The number of rotatable bonds is 5. The van der Waals surface area contributed by atoms with Gasteiger partial charge in [0.25, 0.3) is 0 Å². The fourth-order valence-electron chi connectivity index (χ4n) is 4.18. The zero-order chi connectivity index (χ0) is 18.7. The Bertz CT molecular complexity index is 800. The Labute approximate surface area is 160 Å². The van der Waals surface area contributed by atoms with E-state index in [1.165, 1.54) is 18.4 Å². The van der Waals surface area contributed by atoms with Crippen LogP contribution in [-0.2, 0) is 12.0 Å². The van der Waals surface area contributed by atoms with Gasteiger partial charge in [-0.05, 0) is 36.1 Å². The van der Waals surface area contributed by atoms with Gasteiger partial charge in [0.05, 0.1) is 0 Å². The van der Waals surface area contributed by atoms with Crippen LogP contribution in [0, 0.1) is 0 Å². The molecule has 5 nitrogen and oxygen atoms in total. The van der Waals surface area contributed by atoms with E-state index < -0.39 is 0 Å². The van der Waals surface area contributed by atoms with Gasteiger partial charge < -0.3 is 19.7 Å². The fourth-order valence-corrected chi connectivity index (χ4v) is 4.18. The van der Waals surface area contributed by atoms with Crippen molar-refractivity contribution in [2.45, 2.75) is 37.6 Å². The molecule has 4 rings (SSSR count). The number of hydrogen-bond acceptors (Lipinski definition) is 3. The number of benzene rings is 2. The third kappa shape index (κ3) is 3.72. The molecule has 0 bridgehead atoms. The molecular formula is C22H26N2O3. The van der Waals surface area contributed by atoms with Crippen LogP contribution >= 0.6 is 0 Å². The predicted octanol–water partition coefficient (Wildman–Crippen LogP) is 4.07. The molecule has 1 fully saturated rings. The molecule has 1 heterocycles. The maximum Gasteiger partial charge on any atom is 0.317 e. The molecule has 1 saturated carbocycles. The zero-order valence-electron chi connectivity index (χ0n) is 15.7. The molecule has 0 spiro atoms. The lowest BCUT2D eigenvalue weighted by molar-refractivity contribution is 0.174. The van der Waals surface area contributed by atoms with Crippen LogP contribution in [0.2, 0.25) is 0 Å². The second-order valence-electron chi connectivity index (χ2n) is 7.56. The van der Waals surface area contributed by atoms with Crippen molar-refractivity contribution in [2.75, 3.05) is 20.4 Å². The van der Waals surface area contributed by atoms with E-state index in [-0.39, 0.29) is 18.2 Å². The summed E-state index contributed by atoms with van der Waals surface area (Å²) >= 11 is 0. The van der Waals surface area contributed by atoms with Crippen LogP contribution in [0.5, 0.6) is 11.5 Å². The van der Waals surface area contributed by atoms with Gasteiger partial charge in [-0.2, -0.15) is 0 Å².